The Bertz CT molecular complexity index is 1070. The summed E-state index contributed by atoms with van der Waals surface area (Å²) < 4.78 is 0. The number of carbonyl (C=O) groups excluding carboxylic acids is 1. The lowest BCUT2D eigenvalue weighted by Gasteiger charge is -2.09. The van der Waals surface area contributed by atoms with E-state index in [1.165, 1.54) is 0 Å². The molecule has 1 N–H and O–H groups in total. The molecule has 1 amide bonds. The molecule has 3 aromatic rings. The molecule has 0 radical (unpaired) electrons. The SMILES string of the molecule is Cc1ccc(Cc2nccc(-c3ccc(NC(=O)C4CC4)c(C#N)c3)n2)cn1. The molecule has 0 unspecified atom stereocenters. The van der Waals surface area contributed by atoms with E-state index in [0.717, 1.165) is 35.4 Å². The number of nitrogens with one attached hydrogen (secondary N) is 1. The summed E-state index contributed by atoms with van der Waals surface area (Å²) in [7, 11) is 0. The fourth-order valence-corrected chi connectivity index (χ4v) is 2.92. The molecule has 1 fully saturated rings. The summed E-state index contributed by atoms with van der Waals surface area (Å²) in [4.78, 5) is 25.3. The van der Waals surface area contributed by atoms with Crippen LogP contribution in [0, 0.1) is 24.2 Å². The minimum atomic E-state index is -0.0136. The highest BCUT2D eigenvalue weighted by Crippen LogP contribution is 2.31. The third kappa shape index (κ3) is 4.04. The zero-order valence-electron chi connectivity index (χ0n) is 15.5. The van der Waals surface area contributed by atoms with Gasteiger partial charge in [-0.2, -0.15) is 5.26 Å². The van der Waals surface area contributed by atoms with Crippen molar-refractivity contribution in [3.8, 4) is 17.3 Å². The summed E-state index contributed by atoms with van der Waals surface area (Å²) in [6, 6.07) is 13.3. The molecule has 0 aliphatic heterocycles. The van der Waals surface area contributed by atoms with Crippen LogP contribution in [0.2, 0.25) is 0 Å². The van der Waals surface area contributed by atoms with E-state index in [2.05, 4.69) is 26.3 Å². The first-order chi connectivity index (χ1) is 13.6. The number of amides is 1. The minimum Gasteiger partial charge on any atom is -0.325 e. The van der Waals surface area contributed by atoms with Gasteiger partial charge in [-0.15, -0.1) is 0 Å². The zero-order chi connectivity index (χ0) is 19.5. The van der Waals surface area contributed by atoms with Gasteiger partial charge >= 0.3 is 0 Å². The molecule has 2 heterocycles. The maximum absolute atomic E-state index is 12.0. The third-order valence-electron chi connectivity index (χ3n) is 4.68. The number of pyridine rings is 1. The summed E-state index contributed by atoms with van der Waals surface area (Å²) >= 11 is 0. The third-order valence-corrected chi connectivity index (χ3v) is 4.68. The first-order valence-corrected chi connectivity index (χ1v) is 9.21. The fraction of sp³-hybridized carbons (Fsp3) is 0.227. The lowest BCUT2D eigenvalue weighted by molar-refractivity contribution is -0.117. The predicted octanol–water partition coefficient (Wildman–Crippen LogP) is 3.66. The van der Waals surface area contributed by atoms with Gasteiger partial charge in [0.15, 0.2) is 0 Å². The van der Waals surface area contributed by atoms with Crippen LogP contribution in [-0.4, -0.2) is 20.9 Å². The molecule has 1 aliphatic carbocycles. The first kappa shape index (κ1) is 17.8. The number of aryl methyl sites for hydroxylation is 1. The van der Waals surface area contributed by atoms with Gasteiger partial charge in [0.05, 0.1) is 16.9 Å². The summed E-state index contributed by atoms with van der Waals surface area (Å²) in [6.45, 7) is 1.95. The van der Waals surface area contributed by atoms with Crippen molar-refractivity contribution in [1.29, 1.82) is 5.26 Å². The zero-order valence-corrected chi connectivity index (χ0v) is 15.5. The standard InChI is InChI=1S/C22H19N5O/c1-14-2-3-15(13-25-14)10-21-24-9-8-20(26-21)17-6-7-19(18(11-17)12-23)27-22(28)16-4-5-16/h2-3,6-9,11,13,16H,4-5,10H2,1H3,(H,27,28). The molecule has 0 bridgehead atoms. The number of rotatable bonds is 5. The highest BCUT2D eigenvalue weighted by molar-refractivity contribution is 5.95. The minimum absolute atomic E-state index is 0.0136. The van der Waals surface area contributed by atoms with Crippen LogP contribution in [0.25, 0.3) is 11.3 Å². The normalized spacial score (nSPS) is 13.0. The van der Waals surface area contributed by atoms with Gasteiger partial charge in [0.1, 0.15) is 11.9 Å². The van der Waals surface area contributed by atoms with Crippen LogP contribution in [0.15, 0.2) is 48.8 Å². The number of hydrogen-bond acceptors (Lipinski definition) is 5. The number of nitrogens with zero attached hydrogens (tertiary/aromatic N) is 4. The smallest absolute Gasteiger partial charge is 0.227 e. The van der Waals surface area contributed by atoms with Crippen molar-refractivity contribution >= 4 is 11.6 Å². The van der Waals surface area contributed by atoms with Gasteiger partial charge in [-0.25, -0.2) is 9.97 Å². The van der Waals surface area contributed by atoms with E-state index in [1.54, 1.807) is 18.3 Å². The summed E-state index contributed by atoms with van der Waals surface area (Å²) in [5.41, 5.74) is 4.53. The number of nitriles is 1. The van der Waals surface area contributed by atoms with Crippen molar-refractivity contribution < 1.29 is 4.79 Å². The van der Waals surface area contributed by atoms with E-state index in [9.17, 15) is 10.1 Å². The Morgan fingerprint density at radius 1 is 1.21 bits per heavy atom. The van der Waals surface area contributed by atoms with Gasteiger partial charge in [-0.1, -0.05) is 12.1 Å². The molecule has 0 atom stereocenters. The van der Waals surface area contributed by atoms with Crippen molar-refractivity contribution in [1.82, 2.24) is 15.0 Å². The largest absolute Gasteiger partial charge is 0.325 e. The molecule has 1 aromatic carbocycles. The van der Waals surface area contributed by atoms with Crippen LogP contribution in [0.1, 0.15) is 35.5 Å². The maximum Gasteiger partial charge on any atom is 0.227 e. The fourth-order valence-electron chi connectivity index (χ4n) is 2.92. The second kappa shape index (κ2) is 7.57. The summed E-state index contributed by atoms with van der Waals surface area (Å²) in [5, 5.41) is 12.3. The molecular weight excluding hydrogens is 350 g/mol. The Morgan fingerprint density at radius 3 is 2.79 bits per heavy atom. The van der Waals surface area contributed by atoms with E-state index < -0.39 is 0 Å². The predicted molar refractivity (Wildman–Crippen MR) is 105 cm³/mol. The van der Waals surface area contributed by atoms with Gasteiger partial charge in [0.25, 0.3) is 0 Å². The van der Waals surface area contributed by atoms with E-state index >= 15 is 0 Å². The van der Waals surface area contributed by atoms with Crippen molar-refractivity contribution in [2.45, 2.75) is 26.2 Å². The van der Waals surface area contributed by atoms with Crippen LogP contribution in [0.4, 0.5) is 5.69 Å². The van der Waals surface area contributed by atoms with E-state index in [0.29, 0.717) is 23.5 Å². The molecule has 138 valence electrons. The molecule has 6 heteroatoms. The maximum atomic E-state index is 12.0. The van der Waals surface area contributed by atoms with Crippen molar-refractivity contribution in [3.63, 3.8) is 0 Å². The summed E-state index contributed by atoms with van der Waals surface area (Å²) in [5.74, 6) is 0.764. The lowest BCUT2D eigenvalue weighted by atomic mass is 10.1. The Kier molecular flexibility index (Phi) is 4.81. The van der Waals surface area contributed by atoms with Crippen LogP contribution in [0.5, 0.6) is 0 Å². The number of aromatic nitrogens is 3. The Labute approximate surface area is 163 Å². The second-order valence-corrected chi connectivity index (χ2v) is 6.98. The molecule has 0 saturated heterocycles. The monoisotopic (exact) mass is 369 g/mol. The van der Waals surface area contributed by atoms with E-state index in [1.807, 2.05) is 37.4 Å². The quantitative estimate of drug-likeness (QED) is 0.741. The molecule has 28 heavy (non-hydrogen) atoms. The van der Waals surface area contributed by atoms with E-state index in [-0.39, 0.29) is 11.8 Å². The second-order valence-electron chi connectivity index (χ2n) is 6.98. The Balaban J connectivity index is 1.57. The van der Waals surface area contributed by atoms with Crippen LogP contribution < -0.4 is 5.32 Å². The molecule has 4 rings (SSSR count). The van der Waals surface area contributed by atoms with Gasteiger partial charge in [-0.3, -0.25) is 9.78 Å². The average Bonchev–Trinajstić information content (AvgIpc) is 3.56. The highest BCUT2D eigenvalue weighted by Gasteiger charge is 2.30. The van der Waals surface area contributed by atoms with Gasteiger partial charge in [-0.05, 0) is 49.6 Å². The van der Waals surface area contributed by atoms with Crippen molar-refractivity contribution in [2.75, 3.05) is 5.32 Å². The molecule has 6 nitrogen and oxygen atoms in total. The Hall–Kier alpha value is -3.59. The van der Waals surface area contributed by atoms with Crippen molar-refractivity contribution in [2.24, 2.45) is 5.92 Å². The number of benzene rings is 1. The van der Waals surface area contributed by atoms with Crippen LogP contribution >= 0.6 is 0 Å². The molecular formula is C22H19N5O. The van der Waals surface area contributed by atoms with E-state index in [4.69, 9.17) is 0 Å². The molecule has 1 aliphatic rings. The number of hydrogen-bond donors (Lipinski definition) is 1. The topological polar surface area (TPSA) is 91.6 Å². The van der Waals surface area contributed by atoms with Gasteiger partial charge in [0, 0.05) is 36.0 Å². The van der Waals surface area contributed by atoms with Crippen LogP contribution in [-0.2, 0) is 11.2 Å². The summed E-state index contributed by atoms with van der Waals surface area (Å²) in [6.07, 6.45) is 5.98. The average molecular weight is 369 g/mol. The molecule has 0 spiro atoms. The van der Waals surface area contributed by atoms with Crippen LogP contribution in [0.3, 0.4) is 0 Å². The molecule has 1 saturated carbocycles. The van der Waals surface area contributed by atoms with Gasteiger partial charge < -0.3 is 5.32 Å². The highest BCUT2D eigenvalue weighted by atomic mass is 16.2. The number of carbonyl (C=O) groups is 1. The van der Waals surface area contributed by atoms with Gasteiger partial charge in [0.2, 0.25) is 5.91 Å². The lowest BCUT2D eigenvalue weighted by Crippen LogP contribution is -2.14. The number of anilines is 1. The first-order valence-electron chi connectivity index (χ1n) is 9.21. The Morgan fingerprint density at radius 2 is 2.07 bits per heavy atom. The molecule has 2 aromatic heterocycles. The van der Waals surface area contributed by atoms with Crippen molar-refractivity contribution in [3.05, 3.63) is 71.4 Å².